The van der Waals surface area contributed by atoms with Crippen LogP contribution >= 0.6 is 0 Å². The SMILES string of the molecule is CC[C@H]1OC(=O)C[C@@H](OC(=O)c2ccccn2)[C@H](C)[C@@H](O[C@H]2O[C@@H](C)[C@H](O)[C@@H](N(C)C)[C@@H]2O)[C@@H](C/C=C/C(=O)OC)C[C@@H](C)C(=O)/C=C/C(C)=C/[C@@H]1CO[C@@H]1O[C@H](C)[C@@H](O)[C@@H](OC)[C@H]1OC. The number of cyclic esters (lactones) is 1. The van der Waals surface area contributed by atoms with Crippen LogP contribution in [0.25, 0.3) is 0 Å². The van der Waals surface area contributed by atoms with E-state index in [-0.39, 0.29) is 30.9 Å². The highest BCUT2D eigenvalue weighted by Gasteiger charge is 2.48. The van der Waals surface area contributed by atoms with Crippen LogP contribution in [-0.4, -0.2) is 171 Å². The summed E-state index contributed by atoms with van der Waals surface area (Å²) in [6.07, 6.45) is -2.38. The van der Waals surface area contributed by atoms with Gasteiger partial charge in [0.05, 0.1) is 50.6 Å². The zero-order valence-electron chi connectivity index (χ0n) is 40.1. The van der Waals surface area contributed by atoms with Gasteiger partial charge in [0, 0.05) is 44.2 Å². The maximum atomic E-state index is 14.4. The van der Waals surface area contributed by atoms with E-state index in [1.165, 1.54) is 45.7 Å². The van der Waals surface area contributed by atoms with Crippen LogP contribution in [0.4, 0.5) is 0 Å². The number of rotatable bonds is 14. The molecule has 0 amide bonds. The Morgan fingerprint density at radius 1 is 0.909 bits per heavy atom. The molecule has 3 aliphatic heterocycles. The van der Waals surface area contributed by atoms with E-state index in [2.05, 4.69) is 4.98 Å². The number of allylic oxidation sites excluding steroid dienone is 4. The van der Waals surface area contributed by atoms with Gasteiger partial charge in [-0.15, -0.1) is 0 Å². The maximum Gasteiger partial charge on any atom is 0.357 e. The first-order valence-electron chi connectivity index (χ1n) is 22.7. The van der Waals surface area contributed by atoms with Crippen LogP contribution in [-0.2, 0) is 57.0 Å². The van der Waals surface area contributed by atoms with E-state index < -0.39 is 128 Å². The summed E-state index contributed by atoms with van der Waals surface area (Å²) in [5.41, 5.74) is 0.650. The van der Waals surface area contributed by atoms with Crippen molar-refractivity contribution in [2.24, 2.45) is 23.7 Å². The summed E-state index contributed by atoms with van der Waals surface area (Å²) in [7, 11) is 7.58. The van der Waals surface area contributed by atoms with E-state index in [0.29, 0.717) is 12.0 Å². The molecular weight excluding hydrogens is 861 g/mol. The molecular formula is C48H72N2O16. The van der Waals surface area contributed by atoms with Crippen molar-refractivity contribution in [2.75, 3.05) is 42.0 Å². The fraction of sp³-hybridized carbons (Fsp3) is 0.688. The summed E-state index contributed by atoms with van der Waals surface area (Å²) in [6, 6.07) is 3.93. The van der Waals surface area contributed by atoms with E-state index in [1.807, 2.05) is 13.0 Å². The van der Waals surface area contributed by atoms with E-state index in [4.69, 9.17) is 42.6 Å². The molecule has 18 heteroatoms. The summed E-state index contributed by atoms with van der Waals surface area (Å²) < 4.78 is 53.7. The van der Waals surface area contributed by atoms with Gasteiger partial charge in [0.1, 0.15) is 42.3 Å². The standard InChI is InChI=1S/C48H72N2O16/c1-12-35-32(25-61-48-45(60-11)44(59-10)41(55)30(6)63-48)22-26(2)19-20-34(51)27(3)23-31(16-15-18-37(52)58-9)43(66-47-42(56)39(50(7)8)40(54)29(5)62-47)28(4)36(24-38(53)64-35)65-46(57)33-17-13-14-21-49-33/h13-15,17-22,27-32,35-36,39-45,47-48,54-56H,12,16,23-25H2,1-11H3/b18-15+,20-19+,26-22+/t27-,28+,29+,30-,31+,32-,35-,36-,39-,40+,41-,42+,43-,44-,45-,47-,48-/m1/s1. The molecule has 2 saturated heterocycles. The van der Waals surface area contributed by atoms with Gasteiger partial charge in [-0.3, -0.25) is 9.59 Å². The second kappa shape index (κ2) is 26.0. The minimum atomic E-state index is -1.38. The van der Waals surface area contributed by atoms with Crippen molar-refractivity contribution >= 4 is 23.7 Å². The first kappa shape index (κ1) is 54.7. The average molecular weight is 933 g/mol. The van der Waals surface area contributed by atoms with Crippen molar-refractivity contribution in [1.82, 2.24) is 9.88 Å². The fourth-order valence-electron chi connectivity index (χ4n) is 8.86. The van der Waals surface area contributed by atoms with Crippen LogP contribution in [0.15, 0.2) is 60.3 Å². The summed E-state index contributed by atoms with van der Waals surface area (Å²) >= 11 is 0. The molecule has 18 nitrogen and oxygen atoms in total. The Bertz CT molecular complexity index is 1810. The number of methoxy groups -OCH3 is 3. The van der Waals surface area contributed by atoms with Gasteiger partial charge in [-0.25, -0.2) is 14.6 Å². The lowest BCUT2D eigenvalue weighted by Gasteiger charge is -2.46. The minimum Gasteiger partial charge on any atom is -0.466 e. The Kier molecular flexibility index (Phi) is 21.5. The molecule has 0 aromatic carbocycles. The van der Waals surface area contributed by atoms with E-state index in [1.54, 1.807) is 77.9 Å². The van der Waals surface area contributed by atoms with Gasteiger partial charge in [0.25, 0.3) is 0 Å². The largest absolute Gasteiger partial charge is 0.466 e. The first-order chi connectivity index (χ1) is 31.3. The van der Waals surface area contributed by atoms with E-state index in [9.17, 15) is 34.5 Å². The predicted octanol–water partition coefficient (Wildman–Crippen LogP) is 3.35. The van der Waals surface area contributed by atoms with E-state index >= 15 is 0 Å². The number of pyridine rings is 1. The second-order valence-electron chi connectivity index (χ2n) is 17.7. The molecule has 0 aliphatic carbocycles. The Hall–Kier alpha value is -3.95. The van der Waals surface area contributed by atoms with Gasteiger partial charge in [-0.05, 0) is 78.3 Å². The van der Waals surface area contributed by atoms with Gasteiger partial charge in [0.2, 0.25) is 0 Å². The zero-order chi connectivity index (χ0) is 48.8. The van der Waals surface area contributed by atoms with Crippen LogP contribution in [0.1, 0.15) is 77.7 Å². The van der Waals surface area contributed by atoms with Crippen molar-refractivity contribution in [1.29, 1.82) is 0 Å². The molecule has 17 atom stereocenters. The lowest BCUT2D eigenvalue weighted by molar-refractivity contribution is -0.304. The number of hydrogen-bond donors (Lipinski definition) is 3. The number of aromatic nitrogens is 1. The molecule has 0 saturated carbocycles. The number of carbonyl (C=O) groups excluding carboxylic acids is 4. The number of likely N-dealkylation sites (N-methyl/N-ethyl adjacent to an activating group) is 1. The number of ether oxygens (including phenoxy) is 9. The number of aliphatic hydroxyl groups is 3. The van der Waals surface area contributed by atoms with Crippen LogP contribution in [0.2, 0.25) is 0 Å². The summed E-state index contributed by atoms with van der Waals surface area (Å²) in [5, 5.41) is 33.5. The lowest BCUT2D eigenvalue weighted by Crippen LogP contribution is -2.63. The van der Waals surface area contributed by atoms with Gasteiger partial charge in [-0.2, -0.15) is 0 Å². The number of esters is 3. The van der Waals surface area contributed by atoms with Gasteiger partial charge in [-0.1, -0.05) is 50.6 Å². The molecule has 66 heavy (non-hydrogen) atoms. The quantitative estimate of drug-likeness (QED) is 0.138. The zero-order valence-corrected chi connectivity index (χ0v) is 40.1. The second-order valence-corrected chi connectivity index (χ2v) is 17.7. The average Bonchev–Trinajstić information content (AvgIpc) is 3.29. The molecule has 1 aromatic rings. The number of aliphatic hydroxyl groups excluding tert-OH is 3. The smallest absolute Gasteiger partial charge is 0.357 e. The van der Waals surface area contributed by atoms with Crippen molar-refractivity contribution in [3.8, 4) is 0 Å². The molecule has 1 aromatic heterocycles. The fourth-order valence-corrected chi connectivity index (χ4v) is 8.86. The Morgan fingerprint density at radius 2 is 1.59 bits per heavy atom. The number of hydrogen-bond acceptors (Lipinski definition) is 18. The third kappa shape index (κ3) is 14.5. The van der Waals surface area contributed by atoms with Crippen LogP contribution < -0.4 is 0 Å². The van der Waals surface area contributed by atoms with Crippen molar-refractivity contribution in [3.05, 3.63) is 66.0 Å². The van der Waals surface area contributed by atoms with Gasteiger partial charge in [0.15, 0.2) is 18.4 Å². The van der Waals surface area contributed by atoms with Crippen LogP contribution in [0.5, 0.6) is 0 Å². The Morgan fingerprint density at radius 3 is 2.21 bits per heavy atom. The Balaban J connectivity index is 1.83. The molecule has 370 valence electrons. The predicted molar refractivity (Wildman–Crippen MR) is 238 cm³/mol. The Labute approximate surface area is 388 Å². The van der Waals surface area contributed by atoms with Crippen molar-refractivity contribution in [3.63, 3.8) is 0 Å². The lowest BCUT2D eigenvalue weighted by atomic mass is 9.79. The molecule has 0 radical (unpaired) electrons. The minimum absolute atomic E-state index is 0.0185. The molecule has 2 fully saturated rings. The van der Waals surface area contributed by atoms with E-state index in [0.717, 1.165) is 0 Å². The summed E-state index contributed by atoms with van der Waals surface area (Å²) in [5.74, 6) is -5.12. The molecule has 0 bridgehead atoms. The van der Waals surface area contributed by atoms with Crippen molar-refractivity contribution in [2.45, 2.75) is 147 Å². The van der Waals surface area contributed by atoms with Gasteiger partial charge >= 0.3 is 17.9 Å². The monoisotopic (exact) mass is 932 g/mol. The highest BCUT2D eigenvalue weighted by molar-refractivity contribution is 5.91. The summed E-state index contributed by atoms with van der Waals surface area (Å²) in [4.78, 5) is 60.4. The highest BCUT2D eigenvalue weighted by atomic mass is 16.7. The molecule has 0 unspecified atom stereocenters. The highest BCUT2D eigenvalue weighted by Crippen LogP contribution is 2.36. The molecule has 3 N–H and O–H groups in total. The maximum absolute atomic E-state index is 14.4. The van der Waals surface area contributed by atoms with Crippen LogP contribution in [0, 0.1) is 23.7 Å². The normalized spacial score (nSPS) is 37.7. The topological polar surface area (TPSA) is 228 Å². The van der Waals surface area contributed by atoms with Crippen LogP contribution in [0.3, 0.4) is 0 Å². The first-order valence-corrected chi connectivity index (χ1v) is 22.7. The molecule has 3 aliphatic rings. The number of ketones is 1. The number of carbonyl (C=O) groups is 4. The molecule has 4 heterocycles. The molecule has 0 spiro atoms. The third-order valence-electron chi connectivity index (χ3n) is 12.7. The third-order valence-corrected chi connectivity index (χ3v) is 12.7. The summed E-state index contributed by atoms with van der Waals surface area (Å²) in [6.45, 7) is 10.4. The molecule has 4 rings (SSSR count). The van der Waals surface area contributed by atoms with Crippen molar-refractivity contribution < 1.29 is 77.1 Å². The number of nitrogens with zero attached hydrogens (tertiary/aromatic N) is 2. The van der Waals surface area contributed by atoms with Gasteiger partial charge < -0.3 is 62.9 Å².